The quantitative estimate of drug-likeness (QED) is 0.132. The number of unbranched alkanes of at least 4 members (excludes halogenated alkanes) is 7. The molecule has 0 amide bonds. The molecule has 0 heterocycles. The van der Waals surface area contributed by atoms with Gasteiger partial charge in [0.05, 0.1) is 0 Å². The van der Waals surface area contributed by atoms with Crippen LogP contribution >= 0.6 is 0 Å². The zero-order valence-corrected chi connectivity index (χ0v) is 16.5. The van der Waals surface area contributed by atoms with Gasteiger partial charge in [-0.1, -0.05) is 95.2 Å². The molecule has 1 unspecified atom stereocenters. The van der Waals surface area contributed by atoms with E-state index in [9.17, 15) is 9.59 Å². The van der Waals surface area contributed by atoms with Gasteiger partial charge in [-0.25, -0.2) is 0 Å². The lowest BCUT2D eigenvalue weighted by Gasteiger charge is -2.15. The molecular formula is C23H34O3. The van der Waals surface area contributed by atoms with Gasteiger partial charge in [-0.2, -0.15) is 0 Å². The van der Waals surface area contributed by atoms with Gasteiger partial charge < -0.3 is 4.74 Å². The van der Waals surface area contributed by atoms with E-state index < -0.39 is 11.9 Å². The summed E-state index contributed by atoms with van der Waals surface area (Å²) in [7, 11) is 0. The Hall–Kier alpha value is -1.90. The predicted molar refractivity (Wildman–Crippen MR) is 107 cm³/mol. The molecule has 3 nitrogen and oxygen atoms in total. The average molecular weight is 359 g/mol. The van der Waals surface area contributed by atoms with Crippen LogP contribution in [0.3, 0.4) is 0 Å². The number of rotatable bonds is 14. The summed E-state index contributed by atoms with van der Waals surface area (Å²) in [4.78, 5) is 25.2. The smallest absolute Gasteiger partial charge is 0.317 e. The van der Waals surface area contributed by atoms with Crippen molar-refractivity contribution < 1.29 is 14.3 Å². The van der Waals surface area contributed by atoms with Crippen molar-refractivity contribution in [3.05, 3.63) is 48.0 Å². The van der Waals surface area contributed by atoms with Gasteiger partial charge in [-0.3, -0.25) is 9.59 Å². The van der Waals surface area contributed by atoms with Crippen LogP contribution in [0, 0.1) is 5.92 Å². The summed E-state index contributed by atoms with van der Waals surface area (Å²) < 4.78 is 5.27. The van der Waals surface area contributed by atoms with E-state index in [1.165, 1.54) is 32.1 Å². The largest absolute Gasteiger partial charge is 0.461 e. The molecule has 26 heavy (non-hydrogen) atoms. The van der Waals surface area contributed by atoms with Gasteiger partial charge in [0.1, 0.15) is 12.5 Å². The Balaban J connectivity index is 2.51. The number of ketones is 1. The fourth-order valence-electron chi connectivity index (χ4n) is 2.94. The Bertz CT molecular complexity index is 548. The summed E-state index contributed by atoms with van der Waals surface area (Å²) in [6, 6.07) is 9.02. The van der Waals surface area contributed by atoms with Crippen molar-refractivity contribution in [3.8, 4) is 0 Å². The van der Waals surface area contributed by atoms with Gasteiger partial charge in [0, 0.05) is 5.56 Å². The summed E-state index contributed by atoms with van der Waals surface area (Å²) in [5.41, 5.74) is 1.35. The van der Waals surface area contributed by atoms with Gasteiger partial charge in [0.15, 0.2) is 5.78 Å². The Morgan fingerprint density at radius 1 is 0.962 bits per heavy atom. The molecule has 0 saturated heterocycles. The fourth-order valence-corrected chi connectivity index (χ4v) is 2.94. The van der Waals surface area contributed by atoms with Gasteiger partial charge >= 0.3 is 5.97 Å². The van der Waals surface area contributed by atoms with Crippen LogP contribution in [0.1, 0.15) is 82.0 Å². The third kappa shape index (κ3) is 8.98. The van der Waals surface area contributed by atoms with E-state index in [1.54, 1.807) is 19.1 Å². The number of ether oxygens (including phenoxy) is 1. The van der Waals surface area contributed by atoms with Gasteiger partial charge in [-0.15, -0.1) is 0 Å². The number of benzene rings is 1. The van der Waals surface area contributed by atoms with Crippen molar-refractivity contribution >= 4 is 11.8 Å². The first-order valence-electron chi connectivity index (χ1n) is 9.96. The molecule has 0 aliphatic rings. The number of hydrogen-bond acceptors (Lipinski definition) is 3. The summed E-state index contributed by atoms with van der Waals surface area (Å²) in [5, 5.41) is 0. The second-order valence-corrected chi connectivity index (χ2v) is 7.11. The van der Waals surface area contributed by atoms with Gasteiger partial charge in [-0.05, 0) is 18.9 Å². The monoisotopic (exact) mass is 358 g/mol. The predicted octanol–water partition coefficient (Wildman–Crippen LogP) is 6.14. The molecule has 3 heteroatoms. The van der Waals surface area contributed by atoms with Crippen LogP contribution in [0.4, 0.5) is 0 Å². The van der Waals surface area contributed by atoms with E-state index in [0.29, 0.717) is 12.0 Å². The third-order valence-electron chi connectivity index (χ3n) is 4.47. The van der Waals surface area contributed by atoms with Crippen molar-refractivity contribution in [1.82, 2.24) is 0 Å². The maximum absolute atomic E-state index is 12.7. The molecule has 0 aliphatic heterocycles. The SMILES string of the molecule is C=C(C)COC(=O)C(CCCCCCCCCC)C(=O)c1ccccc1. The number of carbonyl (C=O) groups excluding carboxylic acids is 2. The molecule has 1 aromatic carbocycles. The van der Waals surface area contributed by atoms with Crippen molar-refractivity contribution in [3.63, 3.8) is 0 Å². The third-order valence-corrected chi connectivity index (χ3v) is 4.47. The van der Waals surface area contributed by atoms with Gasteiger partial charge in [0.2, 0.25) is 0 Å². The molecule has 0 fully saturated rings. The molecule has 1 rings (SSSR count). The zero-order valence-electron chi connectivity index (χ0n) is 16.5. The first-order valence-corrected chi connectivity index (χ1v) is 9.96. The minimum atomic E-state index is -0.711. The minimum Gasteiger partial charge on any atom is -0.461 e. The van der Waals surface area contributed by atoms with E-state index in [-0.39, 0.29) is 12.4 Å². The standard InChI is InChI=1S/C23H34O3/c1-4-5-6-7-8-9-10-14-17-21(23(25)26-18-19(2)3)22(24)20-15-12-11-13-16-20/h11-13,15-16,21H,2,4-10,14,17-18H2,1,3H3. The maximum atomic E-state index is 12.7. The summed E-state index contributed by atoms with van der Waals surface area (Å²) in [6.45, 7) is 7.94. The maximum Gasteiger partial charge on any atom is 0.317 e. The molecule has 0 radical (unpaired) electrons. The number of Topliss-reactive ketones (excluding diaryl/α,β-unsaturated/α-hetero) is 1. The van der Waals surface area contributed by atoms with Crippen LogP contribution < -0.4 is 0 Å². The number of carbonyl (C=O) groups is 2. The summed E-state index contributed by atoms with van der Waals surface area (Å²) >= 11 is 0. The van der Waals surface area contributed by atoms with E-state index in [4.69, 9.17) is 4.74 Å². The molecule has 1 aromatic rings. The van der Waals surface area contributed by atoms with Crippen LogP contribution in [0.5, 0.6) is 0 Å². The normalized spacial score (nSPS) is 11.8. The Labute approximate surface area is 158 Å². The fraction of sp³-hybridized carbons (Fsp3) is 0.565. The van der Waals surface area contributed by atoms with Crippen LogP contribution in [-0.4, -0.2) is 18.4 Å². The highest BCUT2D eigenvalue weighted by Gasteiger charge is 2.28. The molecule has 0 aliphatic carbocycles. The van der Waals surface area contributed by atoms with Crippen molar-refractivity contribution in [1.29, 1.82) is 0 Å². The number of esters is 1. The molecule has 0 bridgehead atoms. The molecule has 0 N–H and O–H groups in total. The summed E-state index contributed by atoms with van der Waals surface area (Å²) in [6.07, 6.45) is 10.0. The Morgan fingerprint density at radius 3 is 2.12 bits per heavy atom. The Morgan fingerprint density at radius 2 is 1.54 bits per heavy atom. The molecule has 0 aromatic heterocycles. The van der Waals surface area contributed by atoms with Crippen LogP contribution in [0.15, 0.2) is 42.5 Å². The van der Waals surface area contributed by atoms with E-state index >= 15 is 0 Å². The minimum absolute atomic E-state index is 0.139. The zero-order chi connectivity index (χ0) is 19.2. The topological polar surface area (TPSA) is 43.4 Å². The van der Waals surface area contributed by atoms with Crippen molar-refractivity contribution in [2.45, 2.75) is 71.6 Å². The summed E-state index contributed by atoms with van der Waals surface area (Å²) in [5.74, 6) is -1.28. The molecule has 144 valence electrons. The molecular weight excluding hydrogens is 324 g/mol. The first-order chi connectivity index (χ1) is 12.6. The Kier molecular flexibility index (Phi) is 11.3. The van der Waals surface area contributed by atoms with Crippen molar-refractivity contribution in [2.24, 2.45) is 5.92 Å². The first kappa shape index (κ1) is 22.1. The van der Waals surface area contributed by atoms with Crippen molar-refractivity contribution in [2.75, 3.05) is 6.61 Å². The lowest BCUT2D eigenvalue weighted by molar-refractivity contribution is -0.146. The van der Waals surface area contributed by atoms with Crippen LogP contribution in [-0.2, 0) is 9.53 Å². The highest BCUT2D eigenvalue weighted by molar-refractivity contribution is 6.08. The lowest BCUT2D eigenvalue weighted by Crippen LogP contribution is -2.27. The van der Waals surface area contributed by atoms with E-state index in [0.717, 1.165) is 24.8 Å². The van der Waals surface area contributed by atoms with Crippen LogP contribution in [0.2, 0.25) is 0 Å². The van der Waals surface area contributed by atoms with E-state index in [2.05, 4.69) is 13.5 Å². The lowest BCUT2D eigenvalue weighted by atomic mass is 9.92. The second-order valence-electron chi connectivity index (χ2n) is 7.11. The molecule has 1 atom stereocenters. The number of hydrogen-bond donors (Lipinski definition) is 0. The van der Waals surface area contributed by atoms with Crippen LogP contribution in [0.25, 0.3) is 0 Å². The molecule has 0 spiro atoms. The van der Waals surface area contributed by atoms with Gasteiger partial charge in [0.25, 0.3) is 0 Å². The highest BCUT2D eigenvalue weighted by Crippen LogP contribution is 2.19. The average Bonchev–Trinajstić information content (AvgIpc) is 2.65. The molecule has 0 saturated carbocycles. The van der Waals surface area contributed by atoms with E-state index in [1.807, 2.05) is 18.2 Å². The highest BCUT2D eigenvalue weighted by atomic mass is 16.5. The second kappa shape index (κ2) is 13.3.